The molecule has 0 saturated heterocycles. The monoisotopic (exact) mass is 380 g/mol. The fourth-order valence-electron chi connectivity index (χ4n) is 3.26. The molecule has 1 atom stereocenters. The summed E-state index contributed by atoms with van der Waals surface area (Å²) in [5.74, 6) is -0.489. The normalized spacial score (nSPS) is 14.6. The third-order valence-corrected chi connectivity index (χ3v) is 4.87. The van der Waals surface area contributed by atoms with Crippen molar-refractivity contribution >= 4 is 5.91 Å². The molecular formula is C21H21FN4O2. The van der Waals surface area contributed by atoms with Gasteiger partial charge in [-0.15, -0.1) is 5.10 Å². The van der Waals surface area contributed by atoms with Crippen LogP contribution in [-0.2, 0) is 11.3 Å². The molecule has 3 aromatic rings. The van der Waals surface area contributed by atoms with Crippen molar-refractivity contribution in [3.05, 3.63) is 76.5 Å². The Labute approximate surface area is 161 Å². The average molecular weight is 380 g/mol. The van der Waals surface area contributed by atoms with E-state index in [0.717, 1.165) is 23.1 Å². The molecule has 0 radical (unpaired) electrons. The van der Waals surface area contributed by atoms with Gasteiger partial charge in [0.25, 0.3) is 0 Å². The van der Waals surface area contributed by atoms with Crippen molar-refractivity contribution < 1.29 is 9.18 Å². The maximum atomic E-state index is 14.3. The molecule has 4 rings (SSSR count). The molecule has 6 nitrogen and oxygen atoms in total. The molecule has 0 spiro atoms. The van der Waals surface area contributed by atoms with Crippen molar-refractivity contribution in [2.75, 3.05) is 0 Å². The number of carbonyl (C=O) groups excluding carboxylic acids is 1. The molecule has 1 aliphatic carbocycles. The van der Waals surface area contributed by atoms with E-state index in [9.17, 15) is 14.0 Å². The molecule has 1 aliphatic rings. The highest BCUT2D eigenvalue weighted by Gasteiger charge is 2.31. The van der Waals surface area contributed by atoms with E-state index in [-0.39, 0.29) is 41.6 Å². The molecule has 1 N–H and O–H groups in total. The van der Waals surface area contributed by atoms with Gasteiger partial charge in [-0.3, -0.25) is 9.36 Å². The Morgan fingerprint density at radius 3 is 2.54 bits per heavy atom. The van der Waals surface area contributed by atoms with Gasteiger partial charge in [-0.25, -0.2) is 13.9 Å². The maximum Gasteiger partial charge on any atom is 0.346 e. The number of carbonyl (C=O) groups is 1. The first kappa shape index (κ1) is 18.2. The average Bonchev–Trinajstić information content (AvgIpc) is 3.48. The summed E-state index contributed by atoms with van der Waals surface area (Å²) < 4.78 is 16.9. The lowest BCUT2D eigenvalue weighted by atomic mass is 10.1. The molecule has 2 aromatic carbocycles. The highest BCUT2D eigenvalue weighted by molar-refractivity contribution is 5.76. The second-order valence-corrected chi connectivity index (χ2v) is 7.04. The van der Waals surface area contributed by atoms with Crippen LogP contribution in [0.25, 0.3) is 11.4 Å². The first-order valence-electron chi connectivity index (χ1n) is 9.33. The smallest absolute Gasteiger partial charge is 0.346 e. The van der Waals surface area contributed by atoms with Gasteiger partial charge in [-0.2, -0.15) is 0 Å². The molecule has 1 fully saturated rings. The number of rotatable bonds is 6. The van der Waals surface area contributed by atoms with Crippen LogP contribution in [0.15, 0.2) is 59.4 Å². The van der Waals surface area contributed by atoms with Gasteiger partial charge >= 0.3 is 5.69 Å². The number of benzene rings is 2. The second kappa shape index (κ2) is 7.42. The topological polar surface area (TPSA) is 68.9 Å². The molecule has 1 aromatic heterocycles. The molecular weight excluding hydrogens is 359 g/mol. The zero-order valence-electron chi connectivity index (χ0n) is 15.5. The minimum absolute atomic E-state index is 0.0159. The predicted molar refractivity (Wildman–Crippen MR) is 103 cm³/mol. The number of aromatic nitrogens is 3. The fourth-order valence-corrected chi connectivity index (χ4v) is 3.26. The van der Waals surface area contributed by atoms with Crippen LogP contribution >= 0.6 is 0 Å². The van der Waals surface area contributed by atoms with Gasteiger partial charge < -0.3 is 5.32 Å². The number of amides is 1. The molecule has 0 bridgehead atoms. The predicted octanol–water partition coefficient (Wildman–Crippen LogP) is 3.06. The minimum Gasteiger partial charge on any atom is -0.348 e. The van der Waals surface area contributed by atoms with Crippen LogP contribution in [0.5, 0.6) is 0 Å². The zero-order valence-corrected chi connectivity index (χ0v) is 15.5. The van der Waals surface area contributed by atoms with Crippen LogP contribution < -0.4 is 11.0 Å². The van der Waals surface area contributed by atoms with E-state index in [1.807, 2.05) is 37.3 Å². The summed E-state index contributed by atoms with van der Waals surface area (Å²) in [5.41, 5.74) is 0.852. The van der Waals surface area contributed by atoms with Crippen molar-refractivity contribution in [3.63, 3.8) is 0 Å². The molecule has 28 heavy (non-hydrogen) atoms. The lowest BCUT2D eigenvalue weighted by molar-refractivity contribution is -0.122. The van der Waals surface area contributed by atoms with Gasteiger partial charge in [0, 0.05) is 6.04 Å². The highest BCUT2D eigenvalue weighted by Crippen LogP contribution is 2.36. The minimum atomic E-state index is -0.441. The van der Waals surface area contributed by atoms with Gasteiger partial charge in [-0.05, 0) is 37.5 Å². The van der Waals surface area contributed by atoms with Crippen LogP contribution in [0.4, 0.5) is 4.39 Å². The summed E-state index contributed by atoms with van der Waals surface area (Å²) in [6, 6.07) is 15.6. The molecule has 0 unspecified atom stereocenters. The van der Waals surface area contributed by atoms with Gasteiger partial charge in [0.15, 0.2) is 5.82 Å². The third kappa shape index (κ3) is 3.60. The summed E-state index contributed by atoms with van der Waals surface area (Å²) in [5, 5.41) is 7.16. The number of halogens is 1. The van der Waals surface area contributed by atoms with Crippen molar-refractivity contribution in [1.29, 1.82) is 0 Å². The number of hydrogen-bond donors (Lipinski definition) is 1. The lowest BCUT2D eigenvalue weighted by Crippen LogP contribution is -2.34. The standard InChI is InChI=1S/C21H21FN4O2/c1-14(15-7-3-2-4-8-15)23-19(27)13-25-21(28)26(16-11-12-16)20(24-25)17-9-5-6-10-18(17)22/h2-10,14,16H,11-13H2,1H3,(H,23,27)/t14-/m0/s1. The van der Waals surface area contributed by atoms with Crippen molar-refractivity contribution in [3.8, 4) is 11.4 Å². The van der Waals surface area contributed by atoms with Crippen molar-refractivity contribution in [2.24, 2.45) is 0 Å². The van der Waals surface area contributed by atoms with E-state index in [0.29, 0.717) is 0 Å². The van der Waals surface area contributed by atoms with Gasteiger partial charge in [-0.1, -0.05) is 42.5 Å². The fraction of sp³-hybridized carbons (Fsp3) is 0.286. The summed E-state index contributed by atoms with van der Waals surface area (Å²) in [4.78, 5) is 25.3. The summed E-state index contributed by atoms with van der Waals surface area (Å²) >= 11 is 0. The van der Waals surface area contributed by atoms with Gasteiger partial charge in [0.2, 0.25) is 5.91 Å². The van der Waals surface area contributed by atoms with Crippen LogP contribution in [0.1, 0.15) is 37.4 Å². The first-order valence-corrected chi connectivity index (χ1v) is 9.33. The lowest BCUT2D eigenvalue weighted by Gasteiger charge is -2.13. The Morgan fingerprint density at radius 1 is 1.18 bits per heavy atom. The van der Waals surface area contributed by atoms with Gasteiger partial charge in [0.05, 0.1) is 11.6 Å². The number of nitrogens with one attached hydrogen (secondary N) is 1. The molecule has 1 saturated carbocycles. The summed E-state index contributed by atoms with van der Waals surface area (Å²) in [6.07, 6.45) is 1.70. The van der Waals surface area contributed by atoms with Gasteiger partial charge in [0.1, 0.15) is 12.4 Å². The Balaban J connectivity index is 1.59. The Kier molecular flexibility index (Phi) is 4.81. The summed E-state index contributed by atoms with van der Waals surface area (Å²) in [6.45, 7) is 1.67. The Bertz CT molecular complexity index is 1050. The Hall–Kier alpha value is -3.22. The van der Waals surface area contributed by atoms with Crippen molar-refractivity contribution in [2.45, 2.75) is 38.4 Å². The molecule has 7 heteroatoms. The van der Waals surface area contributed by atoms with E-state index in [1.54, 1.807) is 18.2 Å². The van der Waals surface area contributed by atoms with Crippen LogP contribution in [0.2, 0.25) is 0 Å². The Morgan fingerprint density at radius 2 is 1.86 bits per heavy atom. The van der Waals surface area contributed by atoms with E-state index in [1.165, 1.54) is 10.6 Å². The van der Waals surface area contributed by atoms with E-state index in [2.05, 4.69) is 10.4 Å². The molecule has 1 amide bonds. The molecule has 1 heterocycles. The van der Waals surface area contributed by atoms with E-state index >= 15 is 0 Å². The SMILES string of the molecule is C[C@H](NC(=O)Cn1nc(-c2ccccc2F)n(C2CC2)c1=O)c1ccccc1. The highest BCUT2D eigenvalue weighted by atomic mass is 19.1. The largest absolute Gasteiger partial charge is 0.348 e. The second-order valence-electron chi connectivity index (χ2n) is 7.04. The first-order chi connectivity index (χ1) is 13.5. The van der Waals surface area contributed by atoms with E-state index < -0.39 is 5.82 Å². The number of hydrogen-bond acceptors (Lipinski definition) is 3. The number of nitrogens with zero attached hydrogens (tertiary/aromatic N) is 3. The molecule has 144 valence electrons. The third-order valence-electron chi connectivity index (χ3n) is 4.87. The molecule has 0 aliphatic heterocycles. The summed E-state index contributed by atoms with van der Waals surface area (Å²) in [7, 11) is 0. The van der Waals surface area contributed by atoms with E-state index in [4.69, 9.17) is 0 Å². The van der Waals surface area contributed by atoms with Crippen molar-refractivity contribution in [1.82, 2.24) is 19.7 Å². The van der Waals surface area contributed by atoms with Crippen LogP contribution in [0.3, 0.4) is 0 Å². The van der Waals surface area contributed by atoms with Crippen LogP contribution in [-0.4, -0.2) is 20.3 Å². The zero-order chi connectivity index (χ0) is 19.7. The maximum absolute atomic E-state index is 14.3. The van der Waals surface area contributed by atoms with Crippen LogP contribution in [0, 0.1) is 5.82 Å². The quantitative estimate of drug-likeness (QED) is 0.715.